The van der Waals surface area contributed by atoms with Crippen molar-refractivity contribution in [2.24, 2.45) is 0 Å². The zero-order chi connectivity index (χ0) is 16.1. The molecule has 0 radical (unpaired) electrons. The van der Waals surface area contributed by atoms with E-state index in [1.165, 1.54) is 12.1 Å². The van der Waals surface area contributed by atoms with Crippen molar-refractivity contribution < 1.29 is 18.7 Å². The fraction of sp³-hybridized carbons (Fsp3) is 0.500. The summed E-state index contributed by atoms with van der Waals surface area (Å²) in [7, 11) is 0. The molecule has 0 bridgehead atoms. The molecule has 116 valence electrons. The van der Waals surface area contributed by atoms with E-state index in [2.05, 4.69) is 5.32 Å². The molecule has 0 fully saturated rings. The van der Waals surface area contributed by atoms with Crippen molar-refractivity contribution in [2.75, 3.05) is 0 Å². The van der Waals surface area contributed by atoms with Gasteiger partial charge in [-0.2, -0.15) is 0 Å². The van der Waals surface area contributed by atoms with Crippen molar-refractivity contribution in [3.63, 3.8) is 0 Å². The smallest absolute Gasteiger partial charge is 0.408 e. The van der Waals surface area contributed by atoms with Crippen LogP contribution >= 0.6 is 0 Å². The first kappa shape index (κ1) is 17.1. The van der Waals surface area contributed by atoms with E-state index in [-0.39, 0.29) is 5.82 Å². The summed E-state index contributed by atoms with van der Waals surface area (Å²) < 4.78 is 18.2. The van der Waals surface area contributed by atoms with E-state index in [9.17, 15) is 14.0 Å². The summed E-state index contributed by atoms with van der Waals surface area (Å²) in [5.41, 5.74) is -0.903. The minimum absolute atomic E-state index is 0.319. The first-order valence-electron chi connectivity index (χ1n) is 6.85. The van der Waals surface area contributed by atoms with Gasteiger partial charge in [0, 0.05) is 0 Å². The van der Waals surface area contributed by atoms with Gasteiger partial charge in [-0.25, -0.2) is 9.18 Å². The Morgan fingerprint density at radius 2 is 2.00 bits per heavy atom. The molecule has 1 amide bonds. The first-order chi connectivity index (χ1) is 9.63. The molecule has 0 saturated carbocycles. The van der Waals surface area contributed by atoms with Gasteiger partial charge in [0.15, 0.2) is 0 Å². The summed E-state index contributed by atoms with van der Waals surface area (Å²) in [4.78, 5) is 23.0. The number of aryl methyl sites for hydroxylation is 1. The van der Waals surface area contributed by atoms with Gasteiger partial charge in [-0.05, 0) is 58.2 Å². The van der Waals surface area contributed by atoms with Gasteiger partial charge >= 0.3 is 6.09 Å². The molecule has 1 aromatic rings. The maximum Gasteiger partial charge on any atom is 0.408 e. The van der Waals surface area contributed by atoms with Crippen LogP contribution in [0.25, 0.3) is 0 Å². The predicted octanol–water partition coefficient (Wildman–Crippen LogP) is 3.24. The molecule has 0 aliphatic carbocycles. The Balaban J connectivity index is 2.63. The van der Waals surface area contributed by atoms with E-state index in [1.807, 2.05) is 0 Å². The number of ether oxygens (including phenoxy) is 1. The lowest BCUT2D eigenvalue weighted by Crippen LogP contribution is -2.49. The number of benzene rings is 1. The highest BCUT2D eigenvalue weighted by molar-refractivity contribution is 5.76. The Morgan fingerprint density at radius 3 is 2.52 bits per heavy atom. The largest absolute Gasteiger partial charge is 0.444 e. The van der Waals surface area contributed by atoms with Crippen LogP contribution in [0.15, 0.2) is 24.3 Å². The average Bonchev–Trinajstić information content (AvgIpc) is 2.34. The van der Waals surface area contributed by atoms with Crippen molar-refractivity contribution in [1.29, 1.82) is 0 Å². The first-order valence-corrected chi connectivity index (χ1v) is 6.85. The van der Waals surface area contributed by atoms with Gasteiger partial charge in [-0.1, -0.05) is 12.1 Å². The number of hydrogen-bond acceptors (Lipinski definition) is 3. The highest BCUT2D eigenvalue weighted by Gasteiger charge is 2.28. The van der Waals surface area contributed by atoms with Crippen LogP contribution in [-0.2, 0) is 16.0 Å². The van der Waals surface area contributed by atoms with Crippen LogP contribution in [0.2, 0.25) is 0 Å². The van der Waals surface area contributed by atoms with Gasteiger partial charge < -0.3 is 14.8 Å². The minimum Gasteiger partial charge on any atom is -0.444 e. The third-order valence-corrected chi connectivity index (χ3v) is 2.87. The van der Waals surface area contributed by atoms with Gasteiger partial charge in [0.05, 0.1) is 5.54 Å². The second-order valence-electron chi connectivity index (χ2n) is 6.29. The normalized spacial score (nSPS) is 14.1. The molecular formula is C16H22FNO3. The monoisotopic (exact) mass is 295 g/mol. The van der Waals surface area contributed by atoms with E-state index in [4.69, 9.17) is 4.74 Å². The van der Waals surface area contributed by atoms with E-state index in [1.54, 1.807) is 39.8 Å². The molecule has 1 unspecified atom stereocenters. The van der Waals surface area contributed by atoms with Gasteiger partial charge in [-0.15, -0.1) is 0 Å². The Labute approximate surface area is 124 Å². The summed E-state index contributed by atoms with van der Waals surface area (Å²) in [6.07, 6.45) is 0.870. The molecule has 1 rings (SSSR count). The molecule has 21 heavy (non-hydrogen) atoms. The van der Waals surface area contributed by atoms with Crippen molar-refractivity contribution in [3.05, 3.63) is 35.6 Å². The summed E-state index contributed by atoms with van der Waals surface area (Å²) in [5.74, 6) is -0.319. The van der Waals surface area contributed by atoms with Crippen LogP contribution in [0.4, 0.5) is 9.18 Å². The van der Waals surface area contributed by atoms with Crippen LogP contribution in [0.3, 0.4) is 0 Å². The fourth-order valence-electron chi connectivity index (χ4n) is 1.78. The number of halogens is 1. The maximum atomic E-state index is 13.1. The third kappa shape index (κ3) is 6.38. The molecular weight excluding hydrogens is 273 g/mol. The second-order valence-corrected chi connectivity index (χ2v) is 6.29. The van der Waals surface area contributed by atoms with Crippen LogP contribution in [0.1, 0.15) is 39.7 Å². The molecule has 1 N–H and O–H groups in total. The van der Waals surface area contributed by atoms with E-state index in [0.717, 1.165) is 5.56 Å². The summed E-state index contributed by atoms with van der Waals surface area (Å²) in [6.45, 7) is 6.86. The molecule has 0 aliphatic rings. The van der Waals surface area contributed by atoms with Gasteiger partial charge in [0.1, 0.15) is 17.7 Å². The number of amides is 1. The highest BCUT2D eigenvalue weighted by atomic mass is 19.1. The Hall–Kier alpha value is -1.91. The van der Waals surface area contributed by atoms with Crippen LogP contribution in [0, 0.1) is 5.82 Å². The van der Waals surface area contributed by atoms with E-state index >= 15 is 0 Å². The molecule has 5 heteroatoms. The third-order valence-electron chi connectivity index (χ3n) is 2.87. The lowest BCUT2D eigenvalue weighted by molar-refractivity contribution is -0.113. The molecule has 1 aromatic carbocycles. The van der Waals surface area contributed by atoms with Crippen molar-refractivity contribution in [3.8, 4) is 0 Å². The molecule has 0 saturated heterocycles. The average molecular weight is 295 g/mol. The van der Waals surface area contributed by atoms with Crippen molar-refractivity contribution in [2.45, 2.75) is 51.7 Å². The SMILES string of the molecule is CC(C=O)(CCc1cccc(F)c1)NC(=O)OC(C)(C)C. The maximum absolute atomic E-state index is 13.1. The topological polar surface area (TPSA) is 55.4 Å². The van der Waals surface area contributed by atoms with Crippen molar-refractivity contribution >= 4 is 12.4 Å². The fourth-order valence-corrected chi connectivity index (χ4v) is 1.78. The number of carbonyl (C=O) groups excluding carboxylic acids is 2. The van der Waals surface area contributed by atoms with Gasteiger partial charge in [0.2, 0.25) is 0 Å². The quantitative estimate of drug-likeness (QED) is 0.848. The molecule has 0 spiro atoms. The standard InChI is InChI=1S/C16H22FNO3/c1-15(2,3)21-14(20)18-16(4,11-19)9-8-12-6-5-7-13(17)10-12/h5-7,10-11H,8-9H2,1-4H3,(H,18,20). The summed E-state index contributed by atoms with van der Waals surface area (Å²) in [6, 6.07) is 6.17. The molecule has 4 nitrogen and oxygen atoms in total. The number of alkyl carbamates (subject to hydrolysis) is 1. The highest BCUT2D eigenvalue weighted by Crippen LogP contribution is 2.15. The number of aldehydes is 1. The second kappa shape index (κ2) is 6.70. The number of nitrogens with one attached hydrogen (secondary N) is 1. The van der Waals surface area contributed by atoms with Crippen LogP contribution in [0.5, 0.6) is 0 Å². The molecule has 0 heterocycles. The minimum atomic E-state index is -1.05. The Bertz CT molecular complexity index is 510. The number of carbonyl (C=O) groups is 2. The zero-order valence-corrected chi connectivity index (χ0v) is 12.9. The number of rotatable bonds is 5. The summed E-state index contributed by atoms with van der Waals surface area (Å²) in [5, 5.41) is 2.56. The van der Waals surface area contributed by atoms with E-state index < -0.39 is 17.2 Å². The Kier molecular flexibility index (Phi) is 5.47. The van der Waals surface area contributed by atoms with Gasteiger partial charge in [-0.3, -0.25) is 0 Å². The molecule has 0 aliphatic heterocycles. The Morgan fingerprint density at radius 1 is 1.33 bits per heavy atom. The molecule has 1 atom stereocenters. The predicted molar refractivity (Wildman–Crippen MR) is 78.6 cm³/mol. The molecule has 0 aromatic heterocycles. The lowest BCUT2D eigenvalue weighted by atomic mass is 9.95. The zero-order valence-electron chi connectivity index (χ0n) is 12.9. The lowest BCUT2D eigenvalue weighted by Gasteiger charge is -2.27. The van der Waals surface area contributed by atoms with Crippen LogP contribution in [-0.4, -0.2) is 23.5 Å². The van der Waals surface area contributed by atoms with E-state index in [0.29, 0.717) is 19.1 Å². The summed E-state index contributed by atoms with van der Waals surface area (Å²) >= 11 is 0. The van der Waals surface area contributed by atoms with Gasteiger partial charge in [0.25, 0.3) is 0 Å². The number of hydrogen-bond donors (Lipinski definition) is 1. The van der Waals surface area contributed by atoms with Crippen molar-refractivity contribution in [1.82, 2.24) is 5.32 Å². The van der Waals surface area contributed by atoms with Crippen LogP contribution < -0.4 is 5.32 Å².